The Kier molecular flexibility index (Phi) is 7.02. The summed E-state index contributed by atoms with van der Waals surface area (Å²) in [6.45, 7) is 5.99. The van der Waals surface area contributed by atoms with Crippen molar-refractivity contribution in [2.75, 3.05) is 6.61 Å². The molecule has 2 atom stereocenters. The van der Waals surface area contributed by atoms with Crippen LogP contribution >= 0.6 is 5.69 Å². The smallest absolute Gasteiger partial charge is 0.305 e. The minimum absolute atomic E-state index is 0.00295. The van der Waals surface area contributed by atoms with E-state index in [1.54, 1.807) is 0 Å². The van der Waals surface area contributed by atoms with Crippen molar-refractivity contribution in [3.05, 3.63) is 0 Å². The summed E-state index contributed by atoms with van der Waals surface area (Å²) >= 11 is 4.64. The van der Waals surface area contributed by atoms with Crippen molar-refractivity contribution in [3.63, 3.8) is 0 Å². The van der Waals surface area contributed by atoms with Crippen molar-refractivity contribution in [1.29, 1.82) is 5.26 Å². The van der Waals surface area contributed by atoms with E-state index >= 15 is 0 Å². The Morgan fingerprint density at radius 2 is 2.07 bits per heavy atom. The van der Waals surface area contributed by atoms with Crippen LogP contribution in [-0.4, -0.2) is 21.6 Å². The van der Waals surface area contributed by atoms with Gasteiger partial charge in [-0.1, -0.05) is 20.8 Å². The van der Waals surface area contributed by atoms with Crippen LogP contribution in [-0.2, 0) is 26.8 Å². The van der Waals surface area contributed by atoms with Crippen molar-refractivity contribution in [3.8, 4) is 6.07 Å². The molecule has 0 aromatic heterocycles. The average molecular weight is 270 g/mol. The fourth-order valence-corrected chi connectivity index (χ4v) is 5.98. The Bertz CT molecular complexity index is 274. The largest absolute Gasteiger partial charge is 0.429 e. The van der Waals surface area contributed by atoms with Gasteiger partial charge in [-0.2, -0.15) is 9.44 Å². The van der Waals surface area contributed by atoms with Gasteiger partial charge in [0.1, 0.15) is 12.7 Å². The highest BCUT2D eigenvalue weighted by atomic mass is 33.0. The first-order chi connectivity index (χ1) is 6.84. The van der Waals surface area contributed by atoms with E-state index in [9.17, 15) is 9.79 Å². The van der Waals surface area contributed by atoms with Crippen LogP contribution in [0.1, 0.15) is 27.2 Å². The fourth-order valence-electron chi connectivity index (χ4n) is 0.886. The molecule has 0 aromatic rings. The number of nitriles is 1. The molecule has 4 nitrogen and oxygen atoms in total. The molecular weight excluding hydrogens is 253 g/mol. The van der Waals surface area contributed by atoms with E-state index in [1.165, 1.54) is 0 Å². The Morgan fingerprint density at radius 1 is 1.53 bits per heavy atom. The van der Waals surface area contributed by atoms with E-state index in [-0.39, 0.29) is 5.92 Å². The minimum Gasteiger partial charge on any atom is -0.305 e. The molecule has 0 rings (SSSR count). The SMILES string of the molecule is CCCO[S+](C(C#N)C(C)C)P(O)(O)=S. The molecule has 7 heteroatoms. The molecule has 0 aromatic carbocycles. The van der Waals surface area contributed by atoms with Gasteiger partial charge in [-0.25, -0.2) is 0 Å². The lowest BCUT2D eigenvalue weighted by atomic mass is 10.1. The van der Waals surface area contributed by atoms with Crippen LogP contribution in [0.2, 0.25) is 0 Å². The summed E-state index contributed by atoms with van der Waals surface area (Å²) in [5, 5.41) is 8.41. The van der Waals surface area contributed by atoms with E-state index in [4.69, 9.17) is 9.44 Å². The van der Waals surface area contributed by atoms with E-state index in [0.29, 0.717) is 6.61 Å². The molecule has 15 heavy (non-hydrogen) atoms. The van der Waals surface area contributed by atoms with Crippen LogP contribution in [0.3, 0.4) is 0 Å². The van der Waals surface area contributed by atoms with Gasteiger partial charge < -0.3 is 9.79 Å². The maximum atomic E-state index is 9.47. The summed E-state index contributed by atoms with van der Waals surface area (Å²) in [6, 6.07) is 2.05. The molecule has 0 amide bonds. The van der Waals surface area contributed by atoms with Crippen molar-refractivity contribution in [2.45, 2.75) is 32.4 Å². The van der Waals surface area contributed by atoms with Crippen LogP contribution in [0, 0.1) is 17.2 Å². The van der Waals surface area contributed by atoms with Gasteiger partial charge in [-0.3, -0.25) is 0 Å². The van der Waals surface area contributed by atoms with Gasteiger partial charge in [0.05, 0.1) is 0 Å². The zero-order valence-corrected chi connectivity index (χ0v) is 11.6. The summed E-state index contributed by atoms with van der Waals surface area (Å²) in [5.74, 6) is -0.00295. The summed E-state index contributed by atoms with van der Waals surface area (Å²) in [5.41, 5.74) is -3.52. The Hall–Kier alpha value is 0.370. The Labute approximate surface area is 98.7 Å². The van der Waals surface area contributed by atoms with Gasteiger partial charge in [-0.15, -0.1) is 0 Å². The number of hydrogen-bond donors (Lipinski definition) is 2. The van der Waals surface area contributed by atoms with Gasteiger partial charge in [0, 0.05) is 17.7 Å². The molecule has 0 saturated heterocycles. The minimum atomic E-state index is -3.52. The lowest BCUT2D eigenvalue weighted by Crippen LogP contribution is -2.27. The van der Waals surface area contributed by atoms with Crippen LogP contribution in [0.15, 0.2) is 0 Å². The molecule has 0 aliphatic heterocycles. The number of rotatable bonds is 6. The van der Waals surface area contributed by atoms with Gasteiger partial charge >= 0.3 is 5.69 Å². The molecule has 2 N–H and O–H groups in total. The molecular formula is C8H17NO3PS2+. The first-order valence-electron chi connectivity index (χ1n) is 4.66. The predicted octanol–water partition coefficient (Wildman–Crippen LogP) is 1.70. The standard InChI is InChI=1S/C8H16NO3PS2/c1-4-5-12-15(13(10,11)14)8(6-9)7(2)3/h7-8H,4-5H2,1-3H3,(H-,10,11,14)/p+1. The molecule has 0 radical (unpaired) electrons. The fraction of sp³-hybridized carbons (Fsp3) is 0.875. The molecule has 0 aliphatic rings. The topological polar surface area (TPSA) is 73.5 Å². The lowest BCUT2D eigenvalue weighted by molar-refractivity contribution is 0.356. The molecule has 88 valence electrons. The normalized spacial score (nSPS) is 16.1. The van der Waals surface area contributed by atoms with Crippen molar-refractivity contribution in [2.24, 2.45) is 5.92 Å². The average Bonchev–Trinajstić information content (AvgIpc) is 2.09. The highest BCUT2D eigenvalue weighted by Crippen LogP contribution is 2.50. The van der Waals surface area contributed by atoms with Crippen LogP contribution < -0.4 is 0 Å². The van der Waals surface area contributed by atoms with Gasteiger partial charge in [-0.05, 0) is 6.42 Å². The summed E-state index contributed by atoms with van der Waals surface area (Å²) in [6.07, 6.45) is 0.759. The quantitative estimate of drug-likeness (QED) is 0.567. The number of hydrogen-bond acceptors (Lipinski definition) is 3. The maximum Gasteiger partial charge on any atom is 0.429 e. The molecule has 0 bridgehead atoms. The monoisotopic (exact) mass is 270 g/mol. The molecule has 0 heterocycles. The van der Waals surface area contributed by atoms with E-state index in [1.807, 2.05) is 26.8 Å². The molecule has 0 saturated carbocycles. The van der Waals surface area contributed by atoms with Crippen molar-refractivity contribution < 1.29 is 14.0 Å². The summed E-state index contributed by atoms with van der Waals surface area (Å²) < 4.78 is 5.32. The second-order valence-electron chi connectivity index (χ2n) is 3.38. The van der Waals surface area contributed by atoms with Crippen LogP contribution in [0.25, 0.3) is 0 Å². The zero-order chi connectivity index (χ0) is 12.1. The highest BCUT2D eigenvalue weighted by Gasteiger charge is 2.48. The molecule has 2 unspecified atom stereocenters. The van der Waals surface area contributed by atoms with Gasteiger partial charge in [0.25, 0.3) is 0 Å². The maximum absolute atomic E-state index is 9.47. The third kappa shape index (κ3) is 5.30. The van der Waals surface area contributed by atoms with Crippen LogP contribution in [0.4, 0.5) is 0 Å². The van der Waals surface area contributed by atoms with Gasteiger partial charge in [0.15, 0.2) is 0 Å². The number of nitrogens with zero attached hydrogens (tertiary/aromatic N) is 1. The molecule has 0 fully saturated rings. The lowest BCUT2D eigenvalue weighted by Gasteiger charge is -2.16. The second kappa shape index (κ2) is 6.85. The Morgan fingerprint density at radius 3 is 2.33 bits per heavy atom. The van der Waals surface area contributed by atoms with Crippen LogP contribution in [0.5, 0.6) is 0 Å². The van der Waals surface area contributed by atoms with Crippen molar-refractivity contribution >= 4 is 28.3 Å². The first kappa shape index (κ1) is 15.4. The zero-order valence-electron chi connectivity index (χ0n) is 9.08. The Balaban J connectivity index is 4.77. The highest BCUT2D eigenvalue weighted by molar-refractivity contribution is 8.63. The predicted molar refractivity (Wildman–Crippen MR) is 66.6 cm³/mol. The molecule has 0 spiro atoms. The first-order valence-corrected chi connectivity index (χ1v) is 9.19. The third-order valence-corrected chi connectivity index (χ3v) is 7.28. The third-order valence-electron chi connectivity index (χ3n) is 1.59. The van der Waals surface area contributed by atoms with Gasteiger partial charge in [0.2, 0.25) is 16.0 Å². The second-order valence-corrected chi connectivity index (χ2v) is 10.5. The van der Waals surface area contributed by atoms with E-state index < -0.39 is 21.7 Å². The van der Waals surface area contributed by atoms with E-state index in [0.717, 1.165) is 6.42 Å². The molecule has 0 aliphatic carbocycles. The summed E-state index contributed by atoms with van der Waals surface area (Å²) in [7, 11) is -1.23. The van der Waals surface area contributed by atoms with Crippen molar-refractivity contribution in [1.82, 2.24) is 0 Å². The summed E-state index contributed by atoms with van der Waals surface area (Å²) in [4.78, 5) is 18.9. The van der Waals surface area contributed by atoms with E-state index in [2.05, 4.69) is 11.8 Å².